The van der Waals surface area contributed by atoms with Gasteiger partial charge in [0.2, 0.25) is 10.0 Å². The summed E-state index contributed by atoms with van der Waals surface area (Å²) in [4.78, 5) is 0.232. The number of sulfonamides is 1. The highest BCUT2D eigenvalue weighted by Gasteiger charge is 2.13. The minimum Gasteiger partial charge on any atom is -0.457 e. The van der Waals surface area contributed by atoms with E-state index in [1.165, 1.54) is 5.56 Å². The first-order valence-electron chi connectivity index (χ1n) is 8.58. The van der Waals surface area contributed by atoms with Crippen LogP contribution < -0.4 is 9.46 Å². The van der Waals surface area contributed by atoms with E-state index in [0.29, 0.717) is 23.8 Å². The van der Waals surface area contributed by atoms with E-state index in [0.717, 1.165) is 5.75 Å². The van der Waals surface area contributed by atoms with Gasteiger partial charge >= 0.3 is 0 Å². The van der Waals surface area contributed by atoms with Crippen LogP contribution in [0.2, 0.25) is 0 Å². The molecule has 0 aromatic heterocycles. The third kappa shape index (κ3) is 6.13. The second kappa shape index (κ2) is 9.60. The van der Waals surface area contributed by atoms with Crippen LogP contribution in [0.25, 0.3) is 0 Å². The molecule has 0 bridgehead atoms. The van der Waals surface area contributed by atoms with Crippen molar-refractivity contribution >= 4 is 21.8 Å². The van der Waals surface area contributed by atoms with Crippen LogP contribution in [0.15, 0.2) is 89.8 Å². The van der Waals surface area contributed by atoms with Crippen molar-refractivity contribution in [2.75, 3.05) is 12.3 Å². The molecular weight excluding hydrogens is 378 g/mol. The minimum absolute atomic E-state index is 0.232. The number of nitrogens with one attached hydrogen (secondary N) is 1. The molecule has 0 unspecified atom stereocenters. The summed E-state index contributed by atoms with van der Waals surface area (Å²) < 4.78 is 33.1. The largest absolute Gasteiger partial charge is 0.457 e. The first kappa shape index (κ1) is 19.5. The van der Waals surface area contributed by atoms with E-state index < -0.39 is 10.0 Å². The highest BCUT2D eigenvalue weighted by molar-refractivity contribution is 7.98. The summed E-state index contributed by atoms with van der Waals surface area (Å²) in [5.74, 6) is 2.89. The fraction of sp³-hybridized carbons (Fsp3) is 0.143. The van der Waals surface area contributed by atoms with Gasteiger partial charge in [0, 0.05) is 18.1 Å². The molecule has 3 aromatic rings. The normalized spacial score (nSPS) is 11.3. The Bertz CT molecular complexity index is 928. The lowest BCUT2D eigenvalue weighted by molar-refractivity contribution is 0.482. The Hall–Kier alpha value is -2.28. The number of ether oxygens (including phenoxy) is 1. The molecule has 0 heterocycles. The van der Waals surface area contributed by atoms with Gasteiger partial charge in [-0.3, -0.25) is 0 Å². The zero-order chi connectivity index (χ0) is 19.0. The Morgan fingerprint density at radius 1 is 0.778 bits per heavy atom. The van der Waals surface area contributed by atoms with Crippen LogP contribution in [0, 0.1) is 0 Å². The summed E-state index contributed by atoms with van der Waals surface area (Å²) in [6.07, 6.45) is 0. The maximum absolute atomic E-state index is 12.4. The number of para-hydroxylation sites is 1. The fourth-order valence-corrected chi connectivity index (χ4v) is 4.39. The minimum atomic E-state index is -3.51. The standard InChI is InChI=1S/C21H21NO3S2/c23-27(24,22-15-16-26-17-18-7-3-1-4-8-18)21-13-11-20(12-14-21)25-19-9-5-2-6-10-19/h1-14,22H,15-17H2. The topological polar surface area (TPSA) is 55.4 Å². The number of hydrogen-bond acceptors (Lipinski definition) is 4. The summed E-state index contributed by atoms with van der Waals surface area (Å²) >= 11 is 1.70. The van der Waals surface area contributed by atoms with E-state index in [1.54, 1.807) is 36.0 Å². The summed E-state index contributed by atoms with van der Waals surface area (Å²) in [7, 11) is -3.51. The van der Waals surface area contributed by atoms with Crippen molar-refractivity contribution in [2.24, 2.45) is 0 Å². The third-order valence-corrected chi connectivity index (χ3v) is 6.27. The fourth-order valence-electron chi connectivity index (χ4n) is 2.41. The van der Waals surface area contributed by atoms with Gasteiger partial charge in [0.1, 0.15) is 11.5 Å². The Morgan fingerprint density at radius 2 is 1.37 bits per heavy atom. The molecule has 0 atom stereocenters. The molecule has 0 aliphatic rings. The number of hydrogen-bond donors (Lipinski definition) is 1. The lowest BCUT2D eigenvalue weighted by Crippen LogP contribution is -2.26. The molecule has 140 valence electrons. The van der Waals surface area contributed by atoms with E-state index >= 15 is 0 Å². The maximum Gasteiger partial charge on any atom is 0.240 e. The van der Waals surface area contributed by atoms with E-state index in [9.17, 15) is 8.42 Å². The highest BCUT2D eigenvalue weighted by Crippen LogP contribution is 2.22. The molecular formula is C21H21NO3S2. The molecule has 0 amide bonds. The summed E-state index contributed by atoms with van der Waals surface area (Å²) in [6, 6.07) is 25.9. The average molecular weight is 400 g/mol. The quantitative estimate of drug-likeness (QED) is 0.530. The second-order valence-electron chi connectivity index (χ2n) is 5.82. The molecule has 0 aliphatic heterocycles. The molecule has 4 nitrogen and oxygen atoms in total. The van der Waals surface area contributed by atoms with Gasteiger partial charge < -0.3 is 4.74 Å². The Morgan fingerprint density at radius 3 is 2.04 bits per heavy atom. The van der Waals surface area contributed by atoms with Gasteiger partial charge in [-0.2, -0.15) is 11.8 Å². The molecule has 0 radical (unpaired) electrons. The molecule has 0 aliphatic carbocycles. The Labute approximate surface area is 164 Å². The Kier molecular flexibility index (Phi) is 6.92. The smallest absolute Gasteiger partial charge is 0.240 e. The monoisotopic (exact) mass is 399 g/mol. The van der Waals surface area contributed by atoms with Gasteiger partial charge in [-0.15, -0.1) is 0 Å². The molecule has 0 spiro atoms. The van der Waals surface area contributed by atoms with Gasteiger partial charge in [0.15, 0.2) is 0 Å². The van der Waals surface area contributed by atoms with E-state index in [4.69, 9.17) is 4.74 Å². The first-order chi connectivity index (χ1) is 13.1. The highest BCUT2D eigenvalue weighted by atomic mass is 32.2. The average Bonchev–Trinajstić information content (AvgIpc) is 2.70. The van der Waals surface area contributed by atoms with Gasteiger partial charge in [-0.1, -0.05) is 48.5 Å². The summed E-state index contributed by atoms with van der Waals surface area (Å²) in [5.41, 5.74) is 1.24. The van der Waals surface area contributed by atoms with Crippen LogP contribution in [0.3, 0.4) is 0 Å². The molecule has 27 heavy (non-hydrogen) atoms. The van der Waals surface area contributed by atoms with Crippen LogP contribution in [0.1, 0.15) is 5.56 Å². The van der Waals surface area contributed by atoms with Gasteiger partial charge in [-0.05, 0) is 42.0 Å². The third-order valence-electron chi connectivity index (χ3n) is 3.76. The Balaban J connectivity index is 1.47. The van der Waals surface area contributed by atoms with E-state index in [2.05, 4.69) is 16.9 Å². The zero-order valence-corrected chi connectivity index (χ0v) is 16.4. The maximum atomic E-state index is 12.4. The SMILES string of the molecule is O=S(=O)(NCCSCc1ccccc1)c1ccc(Oc2ccccc2)cc1. The molecule has 0 saturated heterocycles. The lowest BCUT2D eigenvalue weighted by Gasteiger charge is -2.09. The van der Waals surface area contributed by atoms with Crippen molar-refractivity contribution in [3.05, 3.63) is 90.5 Å². The van der Waals surface area contributed by atoms with Crippen molar-refractivity contribution in [1.82, 2.24) is 4.72 Å². The summed E-state index contributed by atoms with van der Waals surface area (Å²) in [5, 5.41) is 0. The van der Waals surface area contributed by atoms with Crippen LogP contribution in [0.5, 0.6) is 11.5 Å². The predicted octanol–water partition coefficient (Wildman–Crippen LogP) is 4.69. The van der Waals surface area contributed by atoms with Gasteiger partial charge in [0.05, 0.1) is 4.90 Å². The van der Waals surface area contributed by atoms with Crippen molar-refractivity contribution < 1.29 is 13.2 Å². The zero-order valence-electron chi connectivity index (χ0n) is 14.7. The molecule has 1 N–H and O–H groups in total. The van der Waals surface area contributed by atoms with Crippen LogP contribution in [-0.2, 0) is 15.8 Å². The van der Waals surface area contributed by atoms with Crippen molar-refractivity contribution in [3.8, 4) is 11.5 Å². The second-order valence-corrected chi connectivity index (χ2v) is 8.69. The number of thioether (sulfide) groups is 1. The van der Waals surface area contributed by atoms with Crippen molar-refractivity contribution in [1.29, 1.82) is 0 Å². The van der Waals surface area contributed by atoms with Crippen molar-refractivity contribution in [3.63, 3.8) is 0 Å². The molecule has 3 rings (SSSR count). The first-order valence-corrected chi connectivity index (χ1v) is 11.2. The lowest BCUT2D eigenvalue weighted by atomic mass is 10.2. The van der Waals surface area contributed by atoms with Crippen LogP contribution in [0.4, 0.5) is 0 Å². The van der Waals surface area contributed by atoms with Crippen LogP contribution in [-0.4, -0.2) is 20.7 Å². The van der Waals surface area contributed by atoms with Gasteiger partial charge in [0.25, 0.3) is 0 Å². The van der Waals surface area contributed by atoms with E-state index in [-0.39, 0.29) is 4.90 Å². The predicted molar refractivity (Wildman–Crippen MR) is 111 cm³/mol. The molecule has 0 saturated carbocycles. The number of benzene rings is 3. The molecule has 0 fully saturated rings. The molecule has 3 aromatic carbocycles. The van der Waals surface area contributed by atoms with Crippen LogP contribution >= 0.6 is 11.8 Å². The van der Waals surface area contributed by atoms with Crippen molar-refractivity contribution in [2.45, 2.75) is 10.6 Å². The summed E-state index contributed by atoms with van der Waals surface area (Å²) in [6.45, 7) is 0.391. The number of rotatable bonds is 9. The molecule has 6 heteroatoms. The van der Waals surface area contributed by atoms with Gasteiger partial charge in [-0.25, -0.2) is 13.1 Å². The van der Waals surface area contributed by atoms with E-state index in [1.807, 2.05) is 48.5 Å².